The van der Waals surface area contributed by atoms with Gasteiger partial charge in [-0.2, -0.15) is 0 Å². The Bertz CT molecular complexity index is 3070. The minimum Gasteiger partial charge on any atom is -0.462 e. The standard InChI is InChI=1S/C65H83N5O10Si/c1-16-35-77-61(74)44(7)66-58(71)54(37-42(5)39-78-62(75)45-27-19-18-20-28-45)69(13)60(73)56(57(80-81(14,15)64(8,9)10)51-38-70(65(11,12)17-2)53-34-26-25-33-50(51)53)67-59(72)55(43(6)36-41(3)4)68-63(76)79-40-52-48-31-23-21-29-46(48)47-30-22-24-32-49(47)52/h16-34,36,38,42-44,52,54-57H,1-2,35,37,39-40H2,3-15H3,(H,66,71)(H,67,72)(H,68,76)/t42-,43-,44+,54+,55+,56+,57-/m1/s1. The molecule has 0 saturated heterocycles. The molecule has 7 atom stereocenters. The number of amides is 4. The molecule has 4 amide bonds. The van der Waals surface area contributed by atoms with Crippen LogP contribution in [0.4, 0.5) is 4.79 Å². The summed E-state index contributed by atoms with van der Waals surface area (Å²) in [6.45, 7) is 30.7. The van der Waals surface area contributed by atoms with Crippen LogP contribution >= 0.6 is 0 Å². The summed E-state index contributed by atoms with van der Waals surface area (Å²) >= 11 is 0. The van der Waals surface area contributed by atoms with Crippen molar-refractivity contribution in [3.8, 4) is 11.1 Å². The molecule has 432 valence electrons. The lowest BCUT2D eigenvalue weighted by atomic mass is 9.95. The summed E-state index contributed by atoms with van der Waals surface area (Å²) in [5, 5.41) is 9.07. The monoisotopic (exact) mass is 1120 g/mol. The minimum atomic E-state index is -2.96. The number of carbonyl (C=O) groups excluding carboxylic acids is 6. The molecular formula is C65H83N5O10Si. The lowest BCUT2D eigenvalue weighted by molar-refractivity contribution is -0.149. The van der Waals surface area contributed by atoms with Gasteiger partial charge < -0.3 is 44.1 Å². The highest BCUT2D eigenvalue weighted by atomic mass is 28.4. The van der Waals surface area contributed by atoms with E-state index < -0.39 is 96.8 Å². The average Bonchev–Trinajstić information content (AvgIpc) is 4.01. The average molecular weight is 1120 g/mol. The smallest absolute Gasteiger partial charge is 0.407 e. The fourth-order valence-electron chi connectivity index (χ4n) is 9.92. The summed E-state index contributed by atoms with van der Waals surface area (Å²) in [5.41, 5.74) is 6.12. The van der Waals surface area contributed by atoms with E-state index in [1.807, 2.05) is 119 Å². The van der Waals surface area contributed by atoms with Crippen molar-refractivity contribution >= 4 is 55.0 Å². The van der Waals surface area contributed by atoms with Gasteiger partial charge in [-0.05, 0) is 106 Å². The van der Waals surface area contributed by atoms with Gasteiger partial charge in [-0.1, -0.05) is 150 Å². The van der Waals surface area contributed by atoms with Crippen LogP contribution in [0.1, 0.15) is 115 Å². The van der Waals surface area contributed by atoms with Crippen LogP contribution in [0.2, 0.25) is 18.1 Å². The summed E-state index contributed by atoms with van der Waals surface area (Å²) in [6, 6.07) is 26.9. The third-order valence-corrected chi connectivity index (χ3v) is 20.0. The van der Waals surface area contributed by atoms with Crippen molar-refractivity contribution in [2.45, 2.75) is 136 Å². The number of para-hydroxylation sites is 1. The third kappa shape index (κ3) is 15.1. The van der Waals surface area contributed by atoms with Crippen LogP contribution in [-0.4, -0.2) is 105 Å². The lowest BCUT2D eigenvalue weighted by Crippen LogP contribution is -2.61. The molecule has 1 aliphatic rings. The van der Waals surface area contributed by atoms with Crippen LogP contribution in [-0.2, 0) is 43.4 Å². The zero-order valence-electron chi connectivity index (χ0n) is 49.5. The topological polar surface area (TPSA) is 184 Å². The molecule has 5 aromatic rings. The second-order valence-corrected chi connectivity index (χ2v) is 28.3. The van der Waals surface area contributed by atoms with Gasteiger partial charge in [0.05, 0.1) is 17.7 Å². The van der Waals surface area contributed by atoms with Crippen molar-refractivity contribution in [1.82, 2.24) is 25.4 Å². The van der Waals surface area contributed by atoms with E-state index in [9.17, 15) is 19.2 Å². The number of allylic oxidation sites excluding steroid dienone is 2. The number of nitrogens with one attached hydrogen (secondary N) is 3. The Kier molecular flexibility index (Phi) is 20.7. The molecule has 4 aromatic carbocycles. The number of hydrogen-bond acceptors (Lipinski definition) is 10. The van der Waals surface area contributed by atoms with E-state index in [1.54, 1.807) is 44.2 Å². The number of hydrogen-bond donors (Lipinski definition) is 3. The number of carbonyl (C=O) groups is 6. The van der Waals surface area contributed by atoms with Crippen LogP contribution in [0.5, 0.6) is 0 Å². The number of ether oxygens (including phenoxy) is 3. The molecule has 0 aliphatic heterocycles. The first-order valence-corrected chi connectivity index (χ1v) is 30.7. The number of fused-ring (bicyclic) bond motifs is 4. The second-order valence-electron chi connectivity index (χ2n) is 23.6. The van der Waals surface area contributed by atoms with E-state index in [4.69, 9.17) is 18.6 Å². The zero-order chi connectivity index (χ0) is 59.6. The van der Waals surface area contributed by atoms with Gasteiger partial charge in [-0.15, -0.1) is 6.58 Å². The Morgan fingerprint density at radius 1 is 0.741 bits per heavy atom. The highest BCUT2D eigenvalue weighted by molar-refractivity contribution is 6.74. The summed E-state index contributed by atoms with van der Waals surface area (Å²) in [6.07, 6.45) is 4.91. The number of nitrogens with zero attached hydrogens (tertiary/aromatic N) is 2. The number of rotatable bonds is 25. The first-order chi connectivity index (χ1) is 38.2. The Morgan fingerprint density at radius 2 is 1.33 bits per heavy atom. The number of aromatic nitrogens is 1. The van der Waals surface area contributed by atoms with Gasteiger partial charge in [0.2, 0.25) is 17.7 Å². The molecule has 1 heterocycles. The molecule has 0 radical (unpaired) electrons. The Hall–Kier alpha value is -7.56. The molecule has 0 bridgehead atoms. The number of likely N-dealkylation sites (N-methyl/N-ethyl adjacent to an activating group) is 1. The van der Waals surface area contributed by atoms with Crippen molar-refractivity contribution in [1.29, 1.82) is 0 Å². The predicted octanol–water partition coefficient (Wildman–Crippen LogP) is 11.6. The lowest BCUT2D eigenvalue weighted by Gasteiger charge is -2.42. The van der Waals surface area contributed by atoms with Gasteiger partial charge in [0.1, 0.15) is 43.5 Å². The summed E-state index contributed by atoms with van der Waals surface area (Å²) in [5.74, 6) is -4.88. The molecule has 0 spiro atoms. The van der Waals surface area contributed by atoms with Gasteiger partial charge in [0, 0.05) is 41.5 Å². The Balaban J connectivity index is 1.47. The first-order valence-electron chi connectivity index (χ1n) is 27.8. The molecule has 16 heteroatoms. The Labute approximate surface area is 479 Å². The number of alkyl carbamates (subject to hydrolysis) is 1. The normalized spacial score (nSPS) is 15.0. The highest BCUT2D eigenvalue weighted by Crippen LogP contribution is 2.45. The molecule has 0 unspecified atom stereocenters. The van der Waals surface area contributed by atoms with Gasteiger partial charge >= 0.3 is 18.0 Å². The van der Waals surface area contributed by atoms with E-state index in [0.717, 1.165) is 38.7 Å². The van der Waals surface area contributed by atoms with E-state index in [2.05, 4.69) is 67.5 Å². The molecule has 0 fully saturated rings. The van der Waals surface area contributed by atoms with Crippen molar-refractivity contribution in [2.24, 2.45) is 11.8 Å². The molecule has 6 rings (SSSR count). The number of esters is 2. The first kappa shape index (κ1) is 62.6. The quantitative estimate of drug-likeness (QED) is 0.0220. The molecule has 15 nitrogen and oxygen atoms in total. The largest absolute Gasteiger partial charge is 0.462 e. The molecule has 1 aromatic heterocycles. The molecule has 81 heavy (non-hydrogen) atoms. The van der Waals surface area contributed by atoms with Crippen LogP contribution in [0.3, 0.4) is 0 Å². The minimum absolute atomic E-state index is 0.0113. The van der Waals surface area contributed by atoms with Gasteiger partial charge in [0.15, 0.2) is 8.32 Å². The predicted molar refractivity (Wildman–Crippen MR) is 321 cm³/mol. The molecule has 1 aliphatic carbocycles. The molecule has 0 saturated carbocycles. The van der Waals surface area contributed by atoms with Gasteiger partial charge in [-0.3, -0.25) is 14.4 Å². The van der Waals surface area contributed by atoms with Crippen molar-refractivity contribution < 1.29 is 47.4 Å². The van der Waals surface area contributed by atoms with Crippen molar-refractivity contribution in [3.05, 3.63) is 169 Å². The maximum Gasteiger partial charge on any atom is 0.407 e. The van der Waals surface area contributed by atoms with Gasteiger partial charge in [-0.25, -0.2) is 14.4 Å². The van der Waals surface area contributed by atoms with Crippen LogP contribution in [0.15, 0.2) is 146 Å². The van der Waals surface area contributed by atoms with Crippen LogP contribution in [0.25, 0.3) is 22.0 Å². The second kappa shape index (κ2) is 26.8. The summed E-state index contributed by atoms with van der Waals surface area (Å²) < 4.78 is 26.6. The third-order valence-electron chi connectivity index (χ3n) is 15.6. The zero-order valence-corrected chi connectivity index (χ0v) is 50.5. The fraction of sp³-hybridized carbons (Fsp3) is 0.415. The molecular weight excluding hydrogens is 1040 g/mol. The van der Waals surface area contributed by atoms with Crippen LogP contribution in [0, 0.1) is 11.8 Å². The van der Waals surface area contributed by atoms with Crippen LogP contribution < -0.4 is 16.0 Å². The maximum atomic E-state index is 16.2. The van der Waals surface area contributed by atoms with Gasteiger partial charge in [0.25, 0.3) is 0 Å². The van der Waals surface area contributed by atoms with E-state index in [1.165, 1.54) is 24.9 Å². The summed E-state index contributed by atoms with van der Waals surface area (Å²) in [7, 11) is -1.50. The van der Waals surface area contributed by atoms with Crippen molar-refractivity contribution in [2.75, 3.05) is 26.9 Å². The molecule has 3 N–H and O–H groups in total. The maximum absolute atomic E-state index is 16.2. The summed E-state index contributed by atoms with van der Waals surface area (Å²) in [4.78, 5) is 88.5. The SMILES string of the molecule is C=CCOC(=O)[C@H](C)NC(=O)[C@H](C[C@@H](C)COC(=O)c1ccccc1)N(C)C(=O)[C@@H](NC(=O)[C@@H](NC(=O)OCC1c2ccccc2-c2ccccc21)[C@H](C)C=C(C)C)[C@H](O[Si](C)(C)C(C)(C)C)c1cn(C(C)(C)C=C)c2ccccc12. The van der Waals surface area contributed by atoms with Crippen molar-refractivity contribution in [3.63, 3.8) is 0 Å². The van der Waals surface area contributed by atoms with E-state index in [-0.39, 0.29) is 32.2 Å². The highest BCUT2D eigenvalue weighted by Gasteiger charge is 2.47. The fourth-order valence-corrected chi connectivity index (χ4v) is 11.2. The number of benzene rings is 4. The van der Waals surface area contributed by atoms with E-state index in [0.29, 0.717) is 11.1 Å². The Morgan fingerprint density at radius 3 is 1.93 bits per heavy atom. The van der Waals surface area contributed by atoms with E-state index >= 15 is 9.59 Å².